The Bertz CT molecular complexity index is 727. The van der Waals surface area contributed by atoms with Gasteiger partial charge in [0.25, 0.3) is 0 Å². The third-order valence-corrected chi connectivity index (χ3v) is 3.73. The lowest BCUT2D eigenvalue weighted by Gasteiger charge is -2.31. The van der Waals surface area contributed by atoms with Crippen LogP contribution in [0, 0.1) is 0 Å². The van der Waals surface area contributed by atoms with Crippen LogP contribution >= 0.6 is 0 Å². The van der Waals surface area contributed by atoms with Crippen LogP contribution in [-0.4, -0.2) is 53.6 Å². The number of hydrogen-bond donors (Lipinski definition) is 0. The van der Waals surface area contributed by atoms with E-state index in [1.165, 1.54) is 20.9 Å². The third kappa shape index (κ3) is 9.19. The Balaban J connectivity index is 2.80. The first-order valence-electron chi connectivity index (χ1n) is 9.39. The Labute approximate surface area is 175 Å². The van der Waals surface area contributed by atoms with E-state index in [9.17, 15) is 23.2 Å². The molecule has 0 heterocycles. The Morgan fingerprint density at radius 3 is 2.10 bits per heavy atom. The Morgan fingerprint density at radius 1 is 1.03 bits per heavy atom. The molecule has 0 aliphatic rings. The van der Waals surface area contributed by atoms with Crippen LogP contribution in [0.3, 0.4) is 0 Å². The highest BCUT2D eigenvalue weighted by molar-refractivity contribution is 5.84. The minimum absolute atomic E-state index is 0.212. The number of carbonyl (C=O) groups excluding carboxylic acids is 3. The molecule has 30 heavy (non-hydrogen) atoms. The number of hydrogen-bond acceptors (Lipinski definition) is 6. The van der Waals surface area contributed by atoms with E-state index in [4.69, 9.17) is 9.47 Å². The summed E-state index contributed by atoms with van der Waals surface area (Å²) in [6, 6.07) is 7.01. The number of amides is 1. The van der Waals surface area contributed by atoms with Gasteiger partial charge in [0.1, 0.15) is 23.9 Å². The van der Waals surface area contributed by atoms with Gasteiger partial charge in [-0.3, -0.25) is 4.90 Å². The maximum absolute atomic E-state index is 14.2. The molecular formula is C21H29F2NO6. The SMILES string of the molecule is CN(C(=O)OC(C)(C)C)[C@@H](CC(C)(C)F)C(=O)OC(F)C(=O)OCc1ccccc1. The molecule has 1 unspecified atom stereocenters. The van der Waals surface area contributed by atoms with E-state index in [1.807, 2.05) is 0 Å². The number of benzene rings is 1. The molecule has 0 spiro atoms. The smallest absolute Gasteiger partial charge is 0.410 e. The van der Waals surface area contributed by atoms with Crippen molar-refractivity contribution in [3.05, 3.63) is 35.9 Å². The molecule has 2 atom stereocenters. The quantitative estimate of drug-likeness (QED) is 0.460. The predicted octanol–water partition coefficient (Wildman–Crippen LogP) is 3.94. The van der Waals surface area contributed by atoms with E-state index >= 15 is 0 Å². The summed E-state index contributed by atoms with van der Waals surface area (Å²) in [5, 5.41) is 0. The Kier molecular flexibility index (Phi) is 8.74. The fraction of sp³-hybridized carbons (Fsp3) is 0.571. The minimum atomic E-state index is -2.72. The van der Waals surface area contributed by atoms with Crippen LogP contribution in [-0.2, 0) is 30.4 Å². The van der Waals surface area contributed by atoms with Crippen molar-refractivity contribution in [1.29, 1.82) is 0 Å². The topological polar surface area (TPSA) is 82.1 Å². The van der Waals surface area contributed by atoms with Gasteiger partial charge in [0, 0.05) is 13.5 Å². The fourth-order valence-corrected chi connectivity index (χ4v) is 2.32. The number of ether oxygens (including phenoxy) is 3. The van der Waals surface area contributed by atoms with Crippen molar-refractivity contribution < 1.29 is 37.4 Å². The lowest BCUT2D eigenvalue weighted by atomic mass is 10.00. The molecule has 0 saturated carbocycles. The summed E-state index contributed by atoms with van der Waals surface area (Å²) in [5.74, 6) is -2.70. The molecule has 0 fully saturated rings. The number of esters is 2. The molecule has 1 amide bonds. The fourth-order valence-electron chi connectivity index (χ4n) is 2.32. The summed E-state index contributed by atoms with van der Waals surface area (Å²) in [7, 11) is 1.20. The second kappa shape index (κ2) is 10.4. The Hall–Kier alpha value is -2.71. The van der Waals surface area contributed by atoms with Crippen LogP contribution in [0.1, 0.15) is 46.6 Å². The molecule has 1 rings (SSSR count). The second-order valence-corrected chi connectivity index (χ2v) is 8.38. The van der Waals surface area contributed by atoms with E-state index in [2.05, 4.69) is 4.74 Å². The van der Waals surface area contributed by atoms with Crippen LogP contribution in [0.5, 0.6) is 0 Å². The van der Waals surface area contributed by atoms with Crippen molar-refractivity contribution in [2.75, 3.05) is 7.05 Å². The maximum Gasteiger partial charge on any atom is 0.410 e. The van der Waals surface area contributed by atoms with Gasteiger partial charge in [-0.15, -0.1) is 0 Å². The van der Waals surface area contributed by atoms with E-state index in [-0.39, 0.29) is 6.61 Å². The number of alkyl halides is 2. The largest absolute Gasteiger partial charge is 0.456 e. The molecule has 1 aromatic carbocycles. The van der Waals surface area contributed by atoms with Gasteiger partial charge in [0.05, 0.1) is 0 Å². The third-order valence-electron chi connectivity index (χ3n) is 3.73. The van der Waals surface area contributed by atoms with Gasteiger partial charge >= 0.3 is 24.4 Å². The van der Waals surface area contributed by atoms with Crippen LogP contribution in [0.15, 0.2) is 30.3 Å². The van der Waals surface area contributed by atoms with Crippen LogP contribution in [0.2, 0.25) is 0 Å². The summed E-state index contributed by atoms with van der Waals surface area (Å²) in [6.45, 7) is 7.02. The molecule has 0 aromatic heterocycles. The predicted molar refractivity (Wildman–Crippen MR) is 105 cm³/mol. The molecular weight excluding hydrogens is 400 g/mol. The summed E-state index contributed by atoms with van der Waals surface area (Å²) in [6.07, 6.45) is -4.14. The molecule has 0 aliphatic carbocycles. The number of nitrogens with zero attached hydrogens (tertiary/aromatic N) is 1. The second-order valence-electron chi connectivity index (χ2n) is 8.38. The molecule has 9 heteroatoms. The average molecular weight is 429 g/mol. The monoisotopic (exact) mass is 429 g/mol. The molecule has 0 saturated heterocycles. The van der Waals surface area contributed by atoms with Crippen molar-refractivity contribution in [2.24, 2.45) is 0 Å². The molecule has 0 bridgehead atoms. The van der Waals surface area contributed by atoms with Gasteiger partial charge in [0.2, 0.25) is 0 Å². The maximum atomic E-state index is 14.2. The summed E-state index contributed by atoms with van der Waals surface area (Å²) >= 11 is 0. The van der Waals surface area contributed by atoms with Gasteiger partial charge < -0.3 is 14.2 Å². The van der Waals surface area contributed by atoms with Crippen LogP contribution < -0.4 is 0 Å². The summed E-state index contributed by atoms with van der Waals surface area (Å²) in [4.78, 5) is 37.3. The highest BCUT2D eigenvalue weighted by atomic mass is 19.1. The summed E-state index contributed by atoms with van der Waals surface area (Å²) in [5.41, 5.74) is -2.14. The number of carbonyl (C=O) groups is 3. The zero-order valence-electron chi connectivity index (χ0n) is 18.1. The van der Waals surface area contributed by atoms with Crippen molar-refractivity contribution in [3.63, 3.8) is 0 Å². The lowest BCUT2D eigenvalue weighted by Crippen LogP contribution is -2.48. The Morgan fingerprint density at radius 2 is 1.60 bits per heavy atom. The highest BCUT2D eigenvalue weighted by Gasteiger charge is 2.38. The molecule has 168 valence electrons. The van der Waals surface area contributed by atoms with Gasteiger partial charge in [0.15, 0.2) is 0 Å². The van der Waals surface area contributed by atoms with Crippen molar-refractivity contribution in [1.82, 2.24) is 4.90 Å². The van der Waals surface area contributed by atoms with Gasteiger partial charge in [-0.2, -0.15) is 4.39 Å². The molecule has 0 aliphatic heterocycles. The highest BCUT2D eigenvalue weighted by Crippen LogP contribution is 2.22. The van der Waals surface area contributed by atoms with Crippen molar-refractivity contribution in [3.8, 4) is 0 Å². The first-order chi connectivity index (χ1) is 13.7. The number of halogens is 2. The number of rotatable bonds is 8. The molecule has 7 nitrogen and oxygen atoms in total. The first kappa shape index (κ1) is 25.3. The van der Waals surface area contributed by atoms with E-state index in [0.717, 1.165) is 4.90 Å². The average Bonchev–Trinajstić information content (AvgIpc) is 2.62. The van der Waals surface area contributed by atoms with Gasteiger partial charge in [-0.25, -0.2) is 18.8 Å². The van der Waals surface area contributed by atoms with Crippen LogP contribution in [0.25, 0.3) is 0 Å². The van der Waals surface area contributed by atoms with E-state index in [1.54, 1.807) is 51.1 Å². The van der Waals surface area contributed by atoms with Crippen LogP contribution in [0.4, 0.5) is 13.6 Å². The van der Waals surface area contributed by atoms with Crippen molar-refractivity contribution >= 4 is 18.0 Å². The van der Waals surface area contributed by atoms with Gasteiger partial charge in [-0.1, -0.05) is 30.3 Å². The minimum Gasteiger partial charge on any atom is -0.456 e. The summed E-state index contributed by atoms with van der Waals surface area (Å²) < 4.78 is 42.8. The standard InChI is InChI=1S/C21H29F2NO6/c1-20(2,3)30-19(27)24(6)15(12-21(4,5)23)17(25)29-16(22)18(26)28-13-14-10-8-7-9-11-14/h7-11,15-16H,12-13H2,1-6H3/t15-,16?/m0/s1. The lowest BCUT2D eigenvalue weighted by molar-refractivity contribution is -0.184. The number of likely N-dealkylation sites (N-methyl/N-ethyl adjacent to an activating group) is 1. The molecule has 1 aromatic rings. The zero-order valence-corrected chi connectivity index (χ0v) is 18.1. The zero-order chi connectivity index (χ0) is 23.1. The van der Waals surface area contributed by atoms with E-state index in [0.29, 0.717) is 5.56 Å². The van der Waals surface area contributed by atoms with E-state index < -0.39 is 48.1 Å². The molecule has 0 radical (unpaired) electrons. The normalized spacial score (nSPS) is 13.7. The van der Waals surface area contributed by atoms with Gasteiger partial charge in [-0.05, 0) is 40.2 Å². The van der Waals surface area contributed by atoms with Crippen molar-refractivity contribution in [2.45, 2.75) is 71.3 Å². The molecule has 0 N–H and O–H groups in total. The first-order valence-corrected chi connectivity index (χ1v) is 9.39.